The summed E-state index contributed by atoms with van der Waals surface area (Å²) < 4.78 is 14.4. The summed E-state index contributed by atoms with van der Waals surface area (Å²) in [7, 11) is 0. The lowest BCUT2D eigenvalue weighted by Gasteiger charge is -2.00. The van der Waals surface area contributed by atoms with Gasteiger partial charge in [-0.3, -0.25) is 0 Å². The highest BCUT2D eigenvalue weighted by Gasteiger charge is 1.94. The van der Waals surface area contributed by atoms with Crippen LogP contribution in [0.1, 0.15) is 0 Å². The van der Waals surface area contributed by atoms with Crippen LogP contribution in [0.2, 0.25) is 0 Å². The summed E-state index contributed by atoms with van der Waals surface area (Å²) >= 11 is -0.871. The van der Waals surface area contributed by atoms with Crippen LogP contribution in [0.25, 0.3) is 0 Å². The molecule has 0 aromatic heterocycles. The molecule has 47 valence electrons. The van der Waals surface area contributed by atoms with Gasteiger partial charge in [0.1, 0.15) is 12.4 Å². The van der Waals surface area contributed by atoms with E-state index in [9.17, 15) is 9.35 Å². The van der Waals surface area contributed by atoms with E-state index in [1.165, 1.54) is 6.47 Å². The Morgan fingerprint density at radius 2 is 2.50 bits per heavy atom. The van der Waals surface area contributed by atoms with Crippen molar-refractivity contribution in [2.45, 2.75) is 0 Å². The van der Waals surface area contributed by atoms with Gasteiger partial charge in [0, 0.05) is 0 Å². The molecular formula is C4H7O3S. The molecule has 0 rings (SSSR count). The molecule has 0 heterocycles. The fourth-order valence-electron chi connectivity index (χ4n) is 0.201. The molecule has 0 aromatic carbocycles. The zero-order valence-electron chi connectivity index (χ0n) is 4.55. The van der Waals surface area contributed by atoms with E-state index in [0.29, 0.717) is 5.75 Å². The van der Waals surface area contributed by atoms with Gasteiger partial charge in [0.05, 0.1) is 6.26 Å². The van der Waals surface area contributed by atoms with Crippen LogP contribution in [0.15, 0.2) is 0 Å². The van der Waals surface area contributed by atoms with Gasteiger partial charge in [-0.2, -0.15) is 0 Å². The molecule has 1 radical (unpaired) electrons. The Bertz CT molecular complexity index is 64.3. The number of carbonyl (C=O) groups excluding carboxylic acids is 1. The van der Waals surface area contributed by atoms with Crippen molar-refractivity contribution in [2.24, 2.45) is 0 Å². The molecule has 0 aliphatic carbocycles. The number of hydrogen-bond acceptors (Lipinski definition) is 3. The highest BCUT2D eigenvalue weighted by molar-refractivity contribution is 7.90. The Labute approximate surface area is 51.2 Å². The molecule has 0 fully saturated rings. The summed E-state index contributed by atoms with van der Waals surface area (Å²) in [6.45, 7) is 1.44. The van der Waals surface area contributed by atoms with Crippen molar-refractivity contribution in [3.05, 3.63) is 0 Å². The third-order valence-electron chi connectivity index (χ3n) is 0.532. The largest absolute Gasteiger partial charge is 0.616 e. The number of rotatable bonds is 4. The summed E-state index contributed by atoms with van der Waals surface area (Å²) in [5, 5.41) is 0. The second kappa shape index (κ2) is 4.93. The monoisotopic (exact) mass is 135 g/mol. The molecule has 1 atom stereocenters. The summed E-state index contributed by atoms with van der Waals surface area (Å²) in [5.41, 5.74) is 0. The van der Waals surface area contributed by atoms with Crippen LogP contribution in [-0.2, 0) is 20.7 Å². The minimum Gasteiger partial charge on any atom is -0.616 e. The molecule has 0 bridgehead atoms. The molecule has 4 heteroatoms. The van der Waals surface area contributed by atoms with Gasteiger partial charge in [0.25, 0.3) is 0 Å². The number of ether oxygens (including phenoxy) is 1. The first kappa shape index (κ1) is 7.78. The minimum atomic E-state index is -0.871. The zero-order valence-corrected chi connectivity index (χ0v) is 5.36. The van der Waals surface area contributed by atoms with Crippen molar-refractivity contribution in [1.29, 1.82) is 0 Å². The smallest absolute Gasteiger partial charge is 0.417 e. The minimum absolute atomic E-state index is 0.201. The maximum atomic E-state index is 10.2. The van der Waals surface area contributed by atoms with Crippen LogP contribution in [0, 0.1) is 0 Å². The first-order valence-corrected chi connectivity index (χ1v) is 3.79. The molecular weight excluding hydrogens is 128 g/mol. The first-order valence-electron chi connectivity index (χ1n) is 2.06. The topological polar surface area (TPSA) is 49.4 Å². The third kappa shape index (κ3) is 5.78. The Hall–Kier alpha value is -0.220. The fraction of sp³-hybridized carbons (Fsp3) is 0.750. The van der Waals surface area contributed by atoms with E-state index in [1.807, 2.05) is 0 Å². The first-order chi connectivity index (χ1) is 3.77. The Kier molecular flexibility index (Phi) is 4.79. The second-order valence-corrected chi connectivity index (χ2v) is 2.76. The van der Waals surface area contributed by atoms with E-state index in [4.69, 9.17) is 0 Å². The van der Waals surface area contributed by atoms with Gasteiger partial charge in [-0.15, -0.1) is 0 Å². The molecule has 0 saturated heterocycles. The van der Waals surface area contributed by atoms with Crippen LogP contribution in [0.4, 0.5) is 0 Å². The number of hydrogen-bond donors (Lipinski definition) is 0. The lowest BCUT2D eigenvalue weighted by atomic mass is 10.9. The van der Waals surface area contributed by atoms with Crippen molar-refractivity contribution in [2.75, 3.05) is 18.6 Å². The van der Waals surface area contributed by atoms with E-state index >= 15 is 0 Å². The predicted molar refractivity (Wildman–Crippen MR) is 30.6 cm³/mol. The van der Waals surface area contributed by atoms with Gasteiger partial charge in [-0.05, 0) is 0 Å². The van der Waals surface area contributed by atoms with Crippen molar-refractivity contribution in [1.82, 2.24) is 0 Å². The third-order valence-corrected chi connectivity index (χ3v) is 1.27. The molecule has 0 saturated carbocycles. The second-order valence-electron chi connectivity index (χ2n) is 1.21. The highest BCUT2D eigenvalue weighted by atomic mass is 32.2. The molecule has 0 N–H and O–H groups in total. The molecule has 0 amide bonds. The SMILES string of the molecule is C[S+]([O-])CCO[C]=O. The Morgan fingerprint density at radius 1 is 1.88 bits per heavy atom. The summed E-state index contributed by atoms with van der Waals surface area (Å²) in [6, 6.07) is 0. The van der Waals surface area contributed by atoms with Crippen LogP contribution in [-0.4, -0.2) is 29.6 Å². The highest BCUT2D eigenvalue weighted by Crippen LogP contribution is 1.80. The zero-order chi connectivity index (χ0) is 6.41. The standard InChI is InChI=1S/C4H7O3S/c1-8(6)3-2-7-4-5/h2-3H2,1H3. The van der Waals surface area contributed by atoms with Gasteiger partial charge in [0.2, 0.25) is 0 Å². The van der Waals surface area contributed by atoms with Crippen LogP contribution in [0.5, 0.6) is 0 Å². The molecule has 0 aromatic rings. The van der Waals surface area contributed by atoms with Gasteiger partial charge in [0.15, 0.2) is 0 Å². The van der Waals surface area contributed by atoms with Gasteiger partial charge >= 0.3 is 6.47 Å². The van der Waals surface area contributed by atoms with E-state index in [1.54, 1.807) is 6.26 Å². The van der Waals surface area contributed by atoms with Crippen molar-refractivity contribution < 1.29 is 14.1 Å². The molecule has 0 spiro atoms. The molecule has 8 heavy (non-hydrogen) atoms. The lowest BCUT2D eigenvalue weighted by molar-refractivity contribution is 0.297. The van der Waals surface area contributed by atoms with Gasteiger partial charge < -0.3 is 9.29 Å². The molecule has 1 unspecified atom stereocenters. The lowest BCUT2D eigenvalue weighted by Crippen LogP contribution is -2.09. The summed E-state index contributed by atoms with van der Waals surface area (Å²) in [4.78, 5) is 9.34. The van der Waals surface area contributed by atoms with Gasteiger partial charge in [-0.25, -0.2) is 4.79 Å². The van der Waals surface area contributed by atoms with E-state index in [2.05, 4.69) is 4.74 Å². The van der Waals surface area contributed by atoms with E-state index in [0.717, 1.165) is 0 Å². The quantitative estimate of drug-likeness (QED) is 0.384. The van der Waals surface area contributed by atoms with E-state index < -0.39 is 11.2 Å². The molecule has 3 nitrogen and oxygen atoms in total. The van der Waals surface area contributed by atoms with Crippen molar-refractivity contribution in [3.63, 3.8) is 0 Å². The maximum absolute atomic E-state index is 10.2. The molecule has 0 aliphatic heterocycles. The Morgan fingerprint density at radius 3 is 2.88 bits per heavy atom. The van der Waals surface area contributed by atoms with Gasteiger partial charge in [-0.1, -0.05) is 11.2 Å². The maximum Gasteiger partial charge on any atom is 0.417 e. The van der Waals surface area contributed by atoms with Crippen molar-refractivity contribution in [3.8, 4) is 0 Å². The normalized spacial score (nSPS) is 12.8. The van der Waals surface area contributed by atoms with Crippen LogP contribution >= 0.6 is 0 Å². The Balaban J connectivity index is 2.81. The van der Waals surface area contributed by atoms with E-state index in [-0.39, 0.29) is 6.61 Å². The predicted octanol–water partition coefficient (Wildman–Crippen LogP) is -0.551. The summed E-state index contributed by atoms with van der Waals surface area (Å²) in [6.07, 6.45) is 1.55. The average molecular weight is 135 g/mol. The average Bonchev–Trinajstić information content (AvgIpc) is 1.66. The summed E-state index contributed by atoms with van der Waals surface area (Å²) in [5.74, 6) is 0.398. The van der Waals surface area contributed by atoms with Crippen LogP contribution in [0.3, 0.4) is 0 Å². The fourth-order valence-corrected chi connectivity index (χ4v) is 0.519. The van der Waals surface area contributed by atoms with Crippen molar-refractivity contribution >= 4 is 17.6 Å². The van der Waals surface area contributed by atoms with Crippen LogP contribution < -0.4 is 0 Å². The molecule has 0 aliphatic rings.